The molecule has 0 aliphatic carbocycles. The van der Waals surface area contributed by atoms with Crippen molar-refractivity contribution in [2.75, 3.05) is 7.11 Å². The lowest BCUT2D eigenvalue weighted by atomic mass is 10.1. The summed E-state index contributed by atoms with van der Waals surface area (Å²) in [5.41, 5.74) is 1.47. The second-order valence-corrected chi connectivity index (χ2v) is 8.58. The predicted molar refractivity (Wildman–Crippen MR) is 114 cm³/mol. The Morgan fingerprint density at radius 2 is 1.30 bits per heavy atom. The molecule has 1 heterocycles. The van der Waals surface area contributed by atoms with Gasteiger partial charge in [-0.05, 0) is 24.3 Å². The van der Waals surface area contributed by atoms with Crippen molar-refractivity contribution < 1.29 is 9.53 Å². The van der Waals surface area contributed by atoms with Gasteiger partial charge in [-0.25, -0.2) is 9.78 Å². The van der Waals surface area contributed by atoms with Gasteiger partial charge in [-0.15, -0.1) is 11.3 Å². The van der Waals surface area contributed by atoms with Crippen molar-refractivity contribution in [1.82, 2.24) is 4.98 Å². The molecule has 0 saturated carbocycles. The summed E-state index contributed by atoms with van der Waals surface area (Å²) in [6, 6.07) is 6.37. The lowest BCUT2D eigenvalue weighted by Gasteiger charge is -2.05. The zero-order chi connectivity index (χ0) is 19.9. The van der Waals surface area contributed by atoms with E-state index in [2.05, 4.69) is 4.98 Å². The van der Waals surface area contributed by atoms with Crippen molar-refractivity contribution in [2.24, 2.45) is 0 Å². The second kappa shape index (κ2) is 8.34. The molecule has 0 fully saturated rings. The largest absolute Gasteiger partial charge is 0.465 e. The highest BCUT2D eigenvalue weighted by molar-refractivity contribution is 7.17. The number of aromatic nitrogens is 1. The highest BCUT2D eigenvalue weighted by Crippen LogP contribution is 2.41. The van der Waals surface area contributed by atoms with E-state index in [4.69, 9.17) is 74.3 Å². The quantitative estimate of drug-likeness (QED) is 0.268. The Morgan fingerprint density at radius 3 is 1.74 bits per heavy atom. The van der Waals surface area contributed by atoms with Crippen molar-refractivity contribution in [3.8, 4) is 21.8 Å². The van der Waals surface area contributed by atoms with Crippen LogP contribution in [0.2, 0.25) is 30.1 Å². The summed E-state index contributed by atoms with van der Waals surface area (Å²) >= 11 is 37.5. The summed E-state index contributed by atoms with van der Waals surface area (Å²) in [7, 11) is 1.28. The molecule has 0 aliphatic rings. The molecule has 0 spiro atoms. The molecule has 3 rings (SSSR count). The molecule has 0 N–H and O–H groups in total. The first kappa shape index (κ1) is 21.0. The Balaban J connectivity index is 2.22. The number of hydrogen-bond acceptors (Lipinski definition) is 4. The topological polar surface area (TPSA) is 39.2 Å². The van der Waals surface area contributed by atoms with Crippen molar-refractivity contribution >= 4 is 86.9 Å². The van der Waals surface area contributed by atoms with Crippen LogP contribution >= 0.6 is 80.9 Å². The summed E-state index contributed by atoms with van der Waals surface area (Å²) in [5.74, 6) is -0.554. The van der Waals surface area contributed by atoms with Crippen LogP contribution in [0.5, 0.6) is 0 Å². The number of carbonyl (C=O) groups excluding carboxylic acids is 1. The maximum atomic E-state index is 12.3. The van der Waals surface area contributed by atoms with Crippen molar-refractivity contribution in [1.29, 1.82) is 0 Å². The summed E-state index contributed by atoms with van der Waals surface area (Å²) in [5, 5.41) is 1.97. The van der Waals surface area contributed by atoms with Crippen LogP contribution in [0.25, 0.3) is 21.8 Å². The van der Waals surface area contributed by atoms with Gasteiger partial charge < -0.3 is 4.74 Å². The highest BCUT2D eigenvalue weighted by atomic mass is 35.5. The summed E-state index contributed by atoms with van der Waals surface area (Å²) in [4.78, 5) is 17.1. The van der Waals surface area contributed by atoms with E-state index < -0.39 is 5.97 Å². The van der Waals surface area contributed by atoms with E-state index in [1.165, 1.54) is 7.11 Å². The van der Waals surface area contributed by atoms with Gasteiger partial charge in [-0.2, -0.15) is 0 Å². The van der Waals surface area contributed by atoms with Gasteiger partial charge in [0.2, 0.25) is 0 Å². The Kier molecular flexibility index (Phi) is 6.48. The second-order valence-electron chi connectivity index (χ2n) is 5.20. The summed E-state index contributed by atoms with van der Waals surface area (Å²) in [6.07, 6.45) is 0. The van der Waals surface area contributed by atoms with Crippen LogP contribution in [-0.4, -0.2) is 18.1 Å². The van der Waals surface area contributed by atoms with Crippen LogP contribution in [0.4, 0.5) is 0 Å². The standard InChI is InChI=1S/C17H7Cl6NO2S/c1-26-17(25)15-14(6-2-8(18)12(22)9(19)3-6)24-16(27-15)7-4-10(20)13(23)11(21)5-7/h2-5H,1H3. The molecular weight excluding hydrogens is 495 g/mol. The zero-order valence-corrected chi connectivity index (χ0v) is 18.6. The predicted octanol–water partition coefficient (Wildman–Crippen LogP) is 8.18. The number of hydrogen-bond donors (Lipinski definition) is 0. The average Bonchev–Trinajstić information content (AvgIpc) is 3.08. The Bertz CT molecular complexity index is 1020. The maximum Gasteiger partial charge on any atom is 0.350 e. The number of carbonyl (C=O) groups is 1. The monoisotopic (exact) mass is 499 g/mol. The first-order valence-electron chi connectivity index (χ1n) is 7.12. The minimum Gasteiger partial charge on any atom is -0.465 e. The van der Waals surface area contributed by atoms with E-state index >= 15 is 0 Å². The molecule has 0 unspecified atom stereocenters. The average molecular weight is 502 g/mol. The van der Waals surface area contributed by atoms with Gasteiger partial charge >= 0.3 is 5.97 Å². The molecule has 0 amide bonds. The van der Waals surface area contributed by atoms with Crippen LogP contribution in [-0.2, 0) is 4.74 Å². The number of methoxy groups -OCH3 is 1. The first-order valence-corrected chi connectivity index (χ1v) is 10.2. The SMILES string of the molecule is COC(=O)c1sc(-c2cc(Cl)c(Cl)c(Cl)c2)nc1-c1cc(Cl)c(Cl)c(Cl)c1. The molecular formula is C17H7Cl6NO2S. The minimum atomic E-state index is -0.554. The molecule has 140 valence electrons. The van der Waals surface area contributed by atoms with Gasteiger partial charge in [0.05, 0.1) is 42.9 Å². The first-order chi connectivity index (χ1) is 12.7. The van der Waals surface area contributed by atoms with E-state index in [1.54, 1.807) is 24.3 Å². The number of thiazole rings is 1. The fourth-order valence-electron chi connectivity index (χ4n) is 2.24. The third kappa shape index (κ3) is 4.18. The van der Waals surface area contributed by atoms with Gasteiger partial charge in [0.25, 0.3) is 0 Å². The van der Waals surface area contributed by atoms with Gasteiger partial charge in [-0.3, -0.25) is 0 Å². The molecule has 27 heavy (non-hydrogen) atoms. The molecule has 10 heteroatoms. The highest BCUT2D eigenvalue weighted by Gasteiger charge is 2.23. The van der Waals surface area contributed by atoms with Crippen LogP contribution < -0.4 is 0 Å². The van der Waals surface area contributed by atoms with Crippen LogP contribution in [0, 0.1) is 0 Å². The molecule has 3 nitrogen and oxygen atoms in total. The third-order valence-corrected chi connectivity index (χ3v) is 6.96. The lowest BCUT2D eigenvalue weighted by Crippen LogP contribution is -2.00. The number of ether oxygens (including phenoxy) is 1. The number of nitrogens with zero attached hydrogens (tertiary/aromatic N) is 1. The van der Waals surface area contributed by atoms with Crippen LogP contribution in [0.3, 0.4) is 0 Å². The number of esters is 1. The molecule has 0 saturated heterocycles. The molecule has 2 aromatic carbocycles. The van der Waals surface area contributed by atoms with Gasteiger partial charge in [0.15, 0.2) is 0 Å². The Hall–Kier alpha value is -0.720. The van der Waals surface area contributed by atoms with E-state index in [1.807, 2.05) is 0 Å². The van der Waals surface area contributed by atoms with E-state index in [0.717, 1.165) is 11.3 Å². The molecule has 0 atom stereocenters. The third-order valence-electron chi connectivity index (χ3n) is 3.49. The van der Waals surface area contributed by atoms with Gasteiger partial charge in [0.1, 0.15) is 9.88 Å². The van der Waals surface area contributed by atoms with E-state index in [-0.39, 0.29) is 35.0 Å². The normalized spacial score (nSPS) is 10.9. The summed E-state index contributed by atoms with van der Waals surface area (Å²) in [6.45, 7) is 0. The number of halogens is 6. The fourth-order valence-corrected chi connectivity index (χ4v) is 4.43. The summed E-state index contributed by atoms with van der Waals surface area (Å²) < 4.78 is 4.86. The van der Waals surface area contributed by atoms with E-state index in [0.29, 0.717) is 21.8 Å². The smallest absolute Gasteiger partial charge is 0.350 e. The molecule has 0 aliphatic heterocycles. The molecule has 1 aromatic heterocycles. The molecule has 3 aromatic rings. The van der Waals surface area contributed by atoms with Crippen LogP contribution in [0.1, 0.15) is 9.67 Å². The maximum absolute atomic E-state index is 12.3. The van der Waals surface area contributed by atoms with E-state index in [9.17, 15) is 4.79 Å². The van der Waals surface area contributed by atoms with Crippen LogP contribution in [0.15, 0.2) is 24.3 Å². The van der Waals surface area contributed by atoms with Gasteiger partial charge in [-0.1, -0.05) is 69.6 Å². The lowest BCUT2D eigenvalue weighted by molar-refractivity contribution is 0.0607. The van der Waals surface area contributed by atoms with Crippen molar-refractivity contribution in [3.05, 3.63) is 59.3 Å². The number of rotatable bonds is 3. The number of benzene rings is 2. The molecule has 0 bridgehead atoms. The van der Waals surface area contributed by atoms with Crippen molar-refractivity contribution in [3.63, 3.8) is 0 Å². The fraction of sp³-hybridized carbons (Fsp3) is 0.0588. The Labute approximate surface area is 188 Å². The zero-order valence-electron chi connectivity index (χ0n) is 13.2. The molecule has 0 radical (unpaired) electrons. The van der Waals surface area contributed by atoms with Gasteiger partial charge in [0, 0.05) is 11.1 Å². The van der Waals surface area contributed by atoms with Crippen molar-refractivity contribution in [2.45, 2.75) is 0 Å². The Morgan fingerprint density at radius 1 is 0.852 bits per heavy atom. The minimum absolute atomic E-state index is 0.216.